The molecule has 0 aliphatic carbocycles. The summed E-state index contributed by atoms with van der Waals surface area (Å²) < 4.78 is 29.1. The predicted molar refractivity (Wildman–Crippen MR) is 340 cm³/mol. The van der Waals surface area contributed by atoms with Crippen molar-refractivity contribution in [2.45, 2.75) is 59.4 Å². The molecule has 0 aromatic heterocycles. The summed E-state index contributed by atoms with van der Waals surface area (Å²) in [5, 5.41) is 0. The van der Waals surface area contributed by atoms with Gasteiger partial charge in [-0.1, -0.05) is 171 Å². The van der Waals surface area contributed by atoms with Crippen LogP contribution in [-0.4, -0.2) is 33.7 Å². The van der Waals surface area contributed by atoms with Gasteiger partial charge < -0.3 is 48.2 Å². The van der Waals surface area contributed by atoms with Crippen molar-refractivity contribution < 1.29 is 23.7 Å². The van der Waals surface area contributed by atoms with E-state index < -0.39 is 0 Å². The van der Waals surface area contributed by atoms with Crippen LogP contribution in [0, 0.1) is 6.92 Å². The van der Waals surface area contributed by atoms with E-state index in [4.69, 9.17) is 23.7 Å². The van der Waals surface area contributed by atoms with E-state index >= 15 is 0 Å². The number of hydrogen-bond donors (Lipinski definition) is 0. The Morgan fingerprint density at radius 1 is 0.298 bits per heavy atom. The molecular weight excluding hydrogens is 1040 g/mol. The van der Waals surface area contributed by atoms with E-state index in [1.165, 1.54) is 78.5 Å². The maximum atomic E-state index is 5.91. The Hall–Kier alpha value is -9.80. The Morgan fingerprint density at radius 2 is 0.619 bits per heavy atom. The number of benzene rings is 10. The topological polar surface area (TPSA) is 62.4 Å². The van der Waals surface area contributed by atoms with Crippen LogP contribution in [0.15, 0.2) is 249 Å². The number of rotatable bonds is 8. The lowest BCUT2D eigenvalue weighted by Gasteiger charge is -2.32. The van der Waals surface area contributed by atoms with Gasteiger partial charge in [-0.3, -0.25) is 0 Å². The summed E-state index contributed by atoms with van der Waals surface area (Å²) in [6.45, 7) is 11.9. The van der Waals surface area contributed by atoms with Crippen LogP contribution < -0.4 is 48.2 Å². The van der Waals surface area contributed by atoms with Gasteiger partial charge in [-0.05, 0) is 127 Å². The maximum Gasteiger partial charge on any atom is 0.161 e. The van der Waals surface area contributed by atoms with Crippen molar-refractivity contribution in [3.05, 3.63) is 299 Å². The van der Waals surface area contributed by atoms with Crippen molar-refractivity contribution in [1.29, 1.82) is 0 Å². The van der Waals surface area contributed by atoms with Crippen LogP contribution in [0.2, 0.25) is 0 Å². The summed E-state index contributed by atoms with van der Waals surface area (Å²) in [5.74, 6) is 5.03. The molecule has 0 bridgehead atoms. The third-order valence-electron chi connectivity index (χ3n) is 15.8. The summed E-state index contributed by atoms with van der Waals surface area (Å²) in [6.07, 6.45) is 1.97. The molecule has 10 aromatic rings. The second kappa shape index (κ2) is 26.4. The van der Waals surface area contributed by atoms with Crippen molar-refractivity contribution in [3.8, 4) is 28.7 Å². The van der Waals surface area contributed by atoms with E-state index in [9.17, 15) is 0 Å². The summed E-state index contributed by atoms with van der Waals surface area (Å²) in [4.78, 5) is 11.3. The molecule has 84 heavy (non-hydrogen) atoms. The minimum Gasteiger partial charge on any atom is -0.473 e. The lowest BCUT2D eigenvalue weighted by atomic mass is 10.0. The monoisotopic (exact) mass is 1110 g/mol. The number of aryl methyl sites for hydroxylation is 2. The maximum absolute atomic E-state index is 5.91. The highest BCUT2D eigenvalue weighted by atomic mass is 16.5. The fraction of sp³-hybridized carbons (Fsp3) is 0.189. The zero-order valence-corrected chi connectivity index (χ0v) is 47.9. The van der Waals surface area contributed by atoms with E-state index in [1.807, 2.05) is 66.7 Å². The van der Waals surface area contributed by atoms with Gasteiger partial charge in [0, 0.05) is 89.0 Å². The Kier molecular flexibility index (Phi) is 17.2. The molecule has 5 heterocycles. The fourth-order valence-corrected chi connectivity index (χ4v) is 11.2. The predicted octanol–water partition coefficient (Wildman–Crippen LogP) is 16.0. The van der Waals surface area contributed by atoms with E-state index in [0.29, 0.717) is 33.7 Å². The largest absolute Gasteiger partial charge is 0.473 e. The smallest absolute Gasteiger partial charge is 0.161 e. The molecular formula is C74H71N5O5. The molecule has 0 saturated heterocycles. The molecule has 0 amide bonds. The molecule has 10 heteroatoms. The van der Waals surface area contributed by atoms with Crippen LogP contribution in [-0.2, 0) is 45.6 Å². The standard InChI is InChI=1S/C29H26N2O2.C16H17NO.C15H15NO.C14H13NO/c1-3-7-28-24(5-1)18-30(20-32-28)26-13-9-22(10-14-26)17-23-11-15-27(16-12-23)31-19-25-6-2-4-8-29(25)33-21-31;1-2-13-7-3-5-9-15(13)17-11-14-8-4-6-10-16(14)18-12-17;1-12-5-4-7-14(9-12)16-10-13-6-2-3-8-15(13)17-11-16;1-2-7-13(8-3-1)15-10-12-6-4-5-9-14(12)16-11-15/h1-16H,17-21H2;3-10H,2,11-12H2,1H3;2-9H,10-11H2,1H3;1-9H,10-11H2. The van der Waals surface area contributed by atoms with Gasteiger partial charge in [-0.25, -0.2) is 0 Å². The molecule has 0 N–H and O–H groups in total. The molecule has 0 saturated carbocycles. The third-order valence-corrected chi connectivity index (χ3v) is 15.8. The molecule has 0 radical (unpaired) electrons. The molecule has 0 atom stereocenters. The zero-order valence-electron chi connectivity index (χ0n) is 47.9. The van der Waals surface area contributed by atoms with Gasteiger partial charge in [0.25, 0.3) is 0 Å². The van der Waals surface area contributed by atoms with E-state index in [-0.39, 0.29) is 0 Å². The Bertz CT molecular complexity index is 3660. The van der Waals surface area contributed by atoms with Gasteiger partial charge in [-0.2, -0.15) is 0 Å². The number of para-hydroxylation sites is 7. The van der Waals surface area contributed by atoms with Gasteiger partial charge in [0.15, 0.2) is 33.7 Å². The van der Waals surface area contributed by atoms with Gasteiger partial charge >= 0.3 is 0 Å². The second-order valence-electron chi connectivity index (χ2n) is 21.6. The van der Waals surface area contributed by atoms with Crippen molar-refractivity contribution in [2.75, 3.05) is 58.2 Å². The molecule has 10 nitrogen and oxygen atoms in total. The highest BCUT2D eigenvalue weighted by Crippen LogP contribution is 2.34. The quantitative estimate of drug-likeness (QED) is 0.147. The SMILES string of the molecule is CCc1ccccc1N1COc2ccccc2C1.Cc1cccc(N2COc3ccccc3C2)c1.c1ccc(N2COc3ccccc3C2)cc1.c1ccc2c(c1)CN(c1ccc(Cc3ccc(N4COc5ccccc5C4)cc3)cc1)CO2. The highest BCUT2D eigenvalue weighted by Gasteiger charge is 2.22. The third kappa shape index (κ3) is 13.4. The van der Waals surface area contributed by atoms with Crippen molar-refractivity contribution >= 4 is 28.4 Å². The van der Waals surface area contributed by atoms with Gasteiger partial charge in [0.05, 0.1) is 0 Å². The fourth-order valence-electron chi connectivity index (χ4n) is 11.2. The van der Waals surface area contributed by atoms with Crippen LogP contribution >= 0.6 is 0 Å². The Morgan fingerprint density at radius 3 is 1.02 bits per heavy atom. The van der Waals surface area contributed by atoms with Crippen LogP contribution in [0.1, 0.15) is 57.0 Å². The lowest BCUT2D eigenvalue weighted by molar-refractivity contribution is 0.289. The first-order valence-corrected chi connectivity index (χ1v) is 29.1. The molecule has 15 rings (SSSR count). The van der Waals surface area contributed by atoms with Crippen LogP contribution in [0.25, 0.3) is 0 Å². The Balaban J connectivity index is 0.000000117. The summed E-state index contributed by atoms with van der Waals surface area (Å²) in [6, 6.07) is 86.3. The van der Waals surface area contributed by atoms with Crippen LogP contribution in [0.5, 0.6) is 28.7 Å². The number of hydrogen-bond acceptors (Lipinski definition) is 10. The lowest BCUT2D eigenvalue weighted by Crippen LogP contribution is -2.32. The minimum absolute atomic E-state index is 0.586. The molecule has 5 aliphatic rings. The number of nitrogens with zero attached hydrogens (tertiary/aromatic N) is 5. The van der Waals surface area contributed by atoms with Gasteiger partial charge in [-0.15, -0.1) is 0 Å². The molecule has 0 spiro atoms. The Labute approximate surface area is 494 Å². The average molecular weight is 1110 g/mol. The zero-order chi connectivity index (χ0) is 56.9. The van der Waals surface area contributed by atoms with E-state index in [2.05, 4.69) is 220 Å². The van der Waals surface area contributed by atoms with Crippen molar-refractivity contribution in [1.82, 2.24) is 0 Å². The first kappa shape index (κ1) is 54.8. The van der Waals surface area contributed by atoms with E-state index in [0.717, 1.165) is 74.3 Å². The number of fused-ring (bicyclic) bond motifs is 5. The normalized spacial score (nSPS) is 14.3. The van der Waals surface area contributed by atoms with Gasteiger partial charge in [0.2, 0.25) is 0 Å². The number of anilines is 5. The minimum atomic E-state index is 0.586. The number of ether oxygens (including phenoxy) is 5. The molecule has 422 valence electrons. The summed E-state index contributed by atoms with van der Waals surface area (Å²) >= 11 is 0. The second-order valence-corrected chi connectivity index (χ2v) is 21.6. The molecule has 10 aromatic carbocycles. The van der Waals surface area contributed by atoms with Gasteiger partial charge in [0.1, 0.15) is 28.7 Å². The highest BCUT2D eigenvalue weighted by molar-refractivity contribution is 5.57. The van der Waals surface area contributed by atoms with E-state index in [1.54, 1.807) is 0 Å². The molecule has 0 unspecified atom stereocenters. The first-order valence-electron chi connectivity index (χ1n) is 29.1. The molecule has 5 aliphatic heterocycles. The average Bonchev–Trinajstić information content (AvgIpc) is 3.74. The van der Waals surface area contributed by atoms with Crippen molar-refractivity contribution in [2.24, 2.45) is 0 Å². The first-order chi connectivity index (χ1) is 41.5. The molecule has 0 fully saturated rings. The summed E-state index contributed by atoms with van der Waals surface area (Å²) in [7, 11) is 0. The summed E-state index contributed by atoms with van der Waals surface area (Å²) in [5.41, 5.74) is 17.6. The van der Waals surface area contributed by atoms with Crippen molar-refractivity contribution in [3.63, 3.8) is 0 Å². The van der Waals surface area contributed by atoms with Crippen LogP contribution in [0.4, 0.5) is 28.4 Å². The van der Waals surface area contributed by atoms with Crippen LogP contribution in [0.3, 0.4) is 0 Å².